The summed E-state index contributed by atoms with van der Waals surface area (Å²) in [7, 11) is -3.82. The summed E-state index contributed by atoms with van der Waals surface area (Å²) >= 11 is 0. The third-order valence-corrected chi connectivity index (χ3v) is 4.35. The molecule has 2 aromatic carbocycles. The van der Waals surface area contributed by atoms with Crippen molar-refractivity contribution < 1.29 is 12.6 Å². The van der Waals surface area contributed by atoms with Gasteiger partial charge in [0.25, 0.3) is 0 Å². The molecule has 3 aromatic rings. The lowest BCUT2D eigenvalue weighted by atomic mass is 10.2. The van der Waals surface area contributed by atoms with E-state index in [1.54, 1.807) is 42.6 Å². The van der Waals surface area contributed by atoms with Crippen molar-refractivity contribution in [1.29, 1.82) is 0 Å². The summed E-state index contributed by atoms with van der Waals surface area (Å²) in [6.07, 6.45) is 1.69. The molecule has 0 saturated carbocycles. The zero-order valence-corrected chi connectivity index (χ0v) is 12.2. The second-order valence-corrected chi connectivity index (χ2v) is 6.25. The van der Waals surface area contributed by atoms with E-state index < -0.39 is 10.1 Å². The summed E-state index contributed by atoms with van der Waals surface area (Å²) in [5, 5.41) is 0.828. The molecule has 0 fully saturated rings. The van der Waals surface area contributed by atoms with Gasteiger partial charge in [-0.05, 0) is 43.3 Å². The lowest BCUT2D eigenvalue weighted by molar-refractivity contribution is 0.486. The van der Waals surface area contributed by atoms with Gasteiger partial charge in [0.2, 0.25) is 0 Å². The third-order valence-electron chi connectivity index (χ3n) is 3.09. The Labute approximate surface area is 123 Å². The Morgan fingerprint density at radius 2 is 1.76 bits per heavy atom. The van der Waals surface area contributed by atoms with Crippen LogP contribution in [0.4, 0.5) is 0 Å². The molecule has 0 amide bonds. The number of aryl methyl sites for hydroxylation is 1. The van der Waals surface area contributed by atoms with E-state index in [1.165, 1.54) is 12.1 Å². The molecule has 1 heterocycles. The van der Waals surface area contributed by atoms with E-state index in [-0.39, 0.29) is 10.6 Å². The molecule has 0 atom stereocenters. The number of rotatable bonds is 3. The highest BCUT2D eigenvalue weighted by Gasteiger charge is 2.16. The van der Waals surface area contributed by atoms with Crippen LogP contribution in [0.3, 0.4) is 0 Å². The van der Waals surface area contributed by atoms with E-state index in [0.717, 1.165) is 16.5 Å². The summed E-state index contributed by atoms with van der Waals surface area (Å²) < 4.78 is 29.6. The molecular formula is C16H13NO3S. The number of nitrogens with zero attached hydrogens (tertiary/aromatic N) is 1. The van der Waals surface area contributed by atoms with Crippen molar-refractivity contribution in [2.24, 2.45) is 0 Å². The lowest BCUT2D eigenvalue weighted by Gasteiger charge is -2.08. The standard InChI is InChI=1S/C16H13NO3S/c1-12-4-7-15(8-5-12)21(18,19)20-14-6-9-16-13(11-14)3-2-10-17-16/h2-11H,1H3. The van der Waals surface area contributed by atoms with Gasteiger partial charge >= 0.3 is 10.1 Å². The van der Waals surface area contributed by atoms with Gasteiger partial charge < -0.3 is 4.18 Å². The third kappa shape index (κ3) is 2.87. The fraction of sp³-hybridized carbons (Fsp3) is 0.0625. The monoisotopic (exact) mass is 299 g/mol. The minimum Gasteiger partial charge on any atom is -0.379 e. The summed E-state index contributed by atoms with van der Waals surface area (Å²) in [6, 6.07) is 15.2. The number of fused-ring (bicyclic) bond motifs is 1. The van der Waals surface area contributed by atoms with Crippen LogP contribution in [-0.4, -0.2) is 13.4 Å². The molecule has 0 aliphatic rings. The van der Waals surface area contributed by atoms with Gasteiger partial charge in [-0.3, -0.25) is 4.98 Å². The first kappa shape index (κ1) is 13.6. The van der Waals surface area contributed by atoms with Crippen LogP contribution in [0.25, 0.3) is 10.9 Å². The quantitative estimate of drug-likeness (QED) is 0.696. The van der Waals surface area contributed by atoms with Crippen LogP contribution in [0.5, 0.6) is 5.75 Å². The predicted molar refractivity (Wildman–Crippen MR) is 80.7 cm³/mol. The molecule has 0 N–H and O–H groups in total. The molecule has 21 heavy (non-hydrogen) atoms. The molecule has 0 radical (unpaired) electrons. The lowest BCUT2D eigenvalue weighted by Crippen LogP contribution is -2.09. The molecular weight excluding hydrogens is 286 g/mol. The number of pyridine rings is 1. The van der Waals surface area contributed by atoms with Gasteiger partial charge in [-0.1, -0.05) is 23.8 Å². The van der Waals surface area contributed by atoms with Gasteiger partial charge in [0.1, 0.15) is 10.6 Å². The predicted octanol–water partition coefficient (Wildman–Crippen LogP) is 3.31. The second-order valence-electron chi connectivity index (χ2n) is 4.71. The first-order valence-corrected chi connectivity index (χ1v) is 7.81. The first-order valence-electron chi connectivity index (χ1n) is 6.40. The highest BCUT2D eigenvalue weighted by Crippen LogP contribution is 2.23. The highest BCUT2D eigenvalue weighted by atomic mass is 32.2. The summed E-state index contributed by atoms with van der Waals surface area (Å²) in [5.74, 6) is 0.274. The molecule has 0 spiro atoms. The van der Waals surface area contributed by atoms with Crippen LogP contribution in [0.15, 0.2) is 65.7 Å². The molecule has 0 aliphatic carbocycles. The largest absolute Gasteiger partial charge is 0.379 e. The minimum atomic E-state index is -3.82. The Morgan fingerprint density at radius 1 is 1.00 bits per heavy atom. The fourth-order valence-electron chi connectivity index (χ4n) is 1.99. The van der Waals surface area contributed by atoms with Crippen molar-refractivity contribution in [2.75, 3.05) is 0 Å². The van der Waals surface area contributed by atoms with Gasteiger partial charge in [-0.25, -0.2) is 0 Å². The van der Waals surface area contributed by atoms with Crippen LogP contribution in [0.2, 0.25) is 0 Å². The van der Waals surface area contributed by atoms with Crippen LogP contribution in [0.1, 0.15) is 5.56 Å². The molecule has 0 aliphatic heterocycles. The summed E-state index contributed by atoms with van der Waals surface area (Å²) in [6.45, 7) is 1.90. The molecule has 4 nitrogen and oxygen atoms in total. The van der Waals surface area contributed by atoms with Gasteiger partial charge in [0, 0.05) is 11.6 Å². The maximum atomic E-state index is 12.2. The normalized spacial score (nSPS) is 11.5. The zero-order valence-electron chi connectivity index (χ0n) is 11.4. The average Bonchev–Trinajstić information content (AvgIpc) is 2.47. The van der Waals surface area contributed by atoms with E-state index in [4.69, 9.17) is 4.18 Å². The summed E-state index contributed by atoms with van der Waals surface area (Å²) in [5.41, 5.74) is 1.78. The Hall–Kier alpha value is -2.40. The van der Waals surface area contributed by atoms with Crippen molar-refractivity contribution in [2.45, 2.75) is 11.8 Å². The second kappa shape index (κ2) is 5.18. The number of benzene rings is 2. The Morgan fingerprint density at radius 3 is 2.52 bits per heavy atom. The van der Waals surface area contributed by atoms with Crippen LogP contribution >= 0.6 is 0 Å². The SMILES string of the molecule is Cc1ccc(S(=O)(=O)Oc2ccc3ncccc3c2)cc1. The Balaban J connectivity index is 1.95. The Kier molecular flexibility index (Phi) is 3.35. The molecule has 5 heteroatoms. The number of hydrogen-bond acceptors (Lipinski definition) is 4. The van der Waals surface area contributed by atoms with E-state index in [1.807, 2.05) is 13.0 Å². The smallest absolute Gasteiger partial charge is 0.339 e. The van der Waals surface area contributed by atoms with Gasteiger partial charge in [0.05, 0.1) is 5.52 Å². The van der Waals surface area contributed by atoms with E-state index >= 15 is 0 Å². The van der Waals surface area contributed by atoms with Crippen LogP contribution in [0, 0.1) is 6.92 Å². The zero-order chi connectivity index (χ0) is 14.9. The molecule has 3 rings (SSSR count). The van der Waals surface area contributed by atoms with E-state index in [0.29, 0.717) is 0 Å². The topological polar surface area (TPSA) is 56.3 Å². The van der Waals surface area contributed by atoms with Gasteiger partial charge in [0.15, 0.2) is 0 Å². The average molecular weight is 299 g/mol. The van der Waals surface area contributed by atoms with Crippen molar-refractivity contribution in [1.82, 2.24) is 4.98 Å². The minimum absolute atomic E-state index is 0.138. The first-order chi connectivity index (χ1) is 10.0. The van der Waals surface area contributed by atoms with Crippen molar-refractivity contribution in [3.8, 4) is 5.75 Å². The number of aromatic nitrogens is 1. The van der Waals surface area contributed by atoms with E-state index in [9.17, 15) is 8.42 Å². The highest BCUT2D eigenvalue weighted by molar-refractivity contribution is 7.87. The number of hydrogen-bond donors (Lipinski definition) is 0. The summed E-state index contributed by atoms with van der Waals surface area (Å²) in [4.78, 5) is 4.32. The molecule has 0 bridgehead atoms. The molecule has 0 unspecified atom stereocenters. The molecule has 0 saturated heterocycles. The fourth-order valence-corrected chi connectivity index (χ4v) is 2.91. The van der Waals surface area contributed by atoms with Crippen molar-refractivity contribution >= 4 is 21.0 Å². The van der Waals surface area contributed by atoms with E-state index in [2.05, 4.69) is 4.98 Å². The van der Waals surface area contributed by atoms with Crippen LogP contribution in [-0.2, 0) is 10.1 Å². The molecule has 106 valence electrons. The van der Waals surface area contributed by atoms with Gasteiger partial charge in [-0.15, -0.1) is 0 Å². The maximum Gasteiger partial charge on any atom is 0.339 e. The maximum absolute atomic E-state index is 12.2. The van der Waals surface area contributed by atoms with Crippen molar-refractivity contribution in [3.05, 3.63) is 66.4 Å². The molecule has 1 aromatic heterocycles. The Bertz CT molecular complexity index is 887. The van der Waals surface area contributed by atoms with Crippen LogP contribution < -0.4 is 4.18 Å². The van der Waals surface area contributed by atoms with Crippen molar-refractivity contribution in [3.63, 3.8) is 0 Å². The van der Waals surface area contributed by atoms with Gasteiger partial charge in [-0.2, -0.15) is 8.42 Å².